The van der Waals surface area contributed by atoms with Crippen molar-refractivity contribution in [2.45, 2.75) is 25.8 Å². The molecule has 1 atom stereocenters. The first-order valence-corrected chi connectivity index (χ1v) is 5.03. The molecule has 16 heavy (non-hydrogen) atoms. The van der Waals surface area contributed by atoms with E-state index in [4.69, 9.17) is 5.11 Å². The van der Waals surface area contributed by atoms with Gasteiger partial charge in [0.1, 0.15) is 6.26 Å². The maximum Gasteiger partial charge on any atom is 0.335 e. The van der Waals surface area contributed by atoms with Gasteiger partial charge in [-0.05, 0) is 19.4 Å². The van der Waals surface area contributed by atoms with E-state index in [1.807, 2.05) is 6.92 Å². The van der Waals surface area contributed by atoms with Gasteiger partial charge in [-0.3, -0.25) is 4.79 Å². The highest BCUT2D eigenvalue weighted by Crippen LogP contribution is 2.09. The SMILES string of the molecule is CCC(C)(CO)NC(=O)c1ccc(=O)oc1. The zero-order valence-electron chi connectivity index (χ0n) is 9.32. The first-order chi connectivity index (χ1) is 7.50. The molecule has 0 aromatic carbocycles. The van der Waals surface area contributed by atoms with E-state index in [-0.39, 0.29) is 18.1 Å². The maximum absolute atomic E-state index is 11.7. The van der Waals surface area contributed by atoms with Crippen LogP contribution in [-0.2, 0) is 0 Å². The summed E-state index contributed by atoms with van der Waals surface area (Å²) in [6, 6.07) is 2.56. The minimum Gasteiger partial charge on any atom is -0.430 e. The fourth-order valence-corrected chi connectivity index (χ4v) is 1.07. The first kappa shape index (κ1) is 12.4. The summed E-state index contributed by atoms with van der Waals surface area (Å²) < 4.78 is 4.58. The fraction of sp³-hybridized carbons (Fsp3) is 0.455. The summed E-state index contributed by atoms with van der Waals surface area (Å²) in [5.74, 6) is -0.373. The maximum atomic E-state index is 11.7. The molecule has 2 N–H and O–H groups in total. The molecule has 1 heterocycles. The average molecular weight is 225 g/mol. The number of aliphatic hydroxyl groups is 1. The standard InChI is InChI=1S/C11H15NO4/c1-3-11(2,7-13)12-10(15)8-4-5-9(14)16-6-8/h4-6,13H,3,7H2,1-2H3,(H,12,15). The van der Waals surface area contributed by atoms with E-state index in [0.29, 0.717) is 6.42 Å². The van der Waals surface area contributed by atoms with Gasteiger partial charge in [-0.1, -0.05) is 6.92 Å². The first-order valence-electron chi connectivity index (χ1n) is 5.03. The molecule has 1 aromatic rings. The lowest BCUT2D eigenvalue weighted by Gasteiger charge is -2.26. The van der Waals surface area contributed by atoms with Crippen LogP contribution < -0.4 is 10.9 Å². The Morgan fingerprint density at radius 3 is 2.69 bits per heavy atom. The topological polar surface area (TPSA) is 79.5 Å². The largest absolute Gasteiger partial charge is 0.430 e. The zero-order valence-corrected chi connectivity index (χ0v) is 9.32. The molecular weight excluding hydrogens is 210 g/mol. The van der Waals surface area contributed by atoms with Gasteiger partial charge < -0.3 is 14.8 Å². The Bertz CT molecular complexity index is 400. The van der Waals surface area contributed by atoms with Crippen LogP contribution in [0.5, 0.6) is 0 Å². The molecule has 1 rings (SSSR count). The summed E-state index contributed by atoms with van der Waals surface area (Å²) in [5.41, 5.74) is -0.905. The molecular formula is C11H15NO4. The highest BCUT2D eigenvalue weighted by molar-refractivity contribution is 5.94. The van der Waals surface area contributed by atoms with Crippen LogP contribution in [0.1, 0.15) is 30.6 Å². The molecule has 5 nitrogen and oxygen atoms in total. The number of aliphatic hydroxyl groups excluding tert-OH is 1. The Hall–Kier alpha value is -1.62. The summed E-state index contributed by atoms with van der Waals surface area (Å²) in [5, 5.41) is 11.8. The molecule has 0 aliphatic carbocycles. The zero-order chi connectivity index (χ0) is 12.2. The quantitative estimate of drug-likeness (QED) is 0.783. The van der Waals surface area contributed by atoms with Crippen LogP contribution in [0, 0.1) is 0 Å². The second-order valence-corrected chi connectivity index (χ2v) is 3.87. The summed E-state index contributed by atoms with van der Waals surface area (Å²) in [6.45, 7) is 3.46. The lowest BCUT2D eigenvalue weighted by molar-refractivity contribution is 0.0845. The van der Waals surface area contributed by atoms with Crippen LogP contribution in [0.25, 0.3) is 0 Å². The third-order valence-corrected chi connectivity index (χ3v) is 2.51. The molecule has 88 valence electrons. The molecule has 0 bridgehead atoms. The van der Waals surface area contributed by atoms with Crippen molar-refractivity contribution in [3.63, 3.8) is 0 Å². The van der Waals surface area contributed by atoms with Crippen LogP contribution in [0.2, 0.25) is 0 Å². The molecule has 0 aliphatic heterocycles. The van der Waals surface area contributed by atoms with E-state index in [9.17, 15) is 9.59 Å². The Labute approximate surface area is 93.1 Å². The van der Waals surface area contributed by atoms with Crippen LogP contribution >= 0.6 is 0 Å². The van der Waals surface area contributed by atoms with Crippen molar-refractivity contribution in [2.24, 2.45) is 0 Å². The molecule has 1 aromatic heterocycles. The lowest BCUT2D eigenvalue weighted by atomic mass is 10.00. The van der Waals surface area contributed by atoms with Crippen LogP contribution in [0.4, 0.5) is 0 Å². The number of hydrogen-bond acceptors (Lipinski definition) is 4. The minimum absolute atomic E-state index is 0.147. The monoisotopic (exact) mass is 225 g/mol. The van der Waals surface area contributed by atoms with Crippen molar-refractivity contribution in [3.8, 4) is 0 Å². The van der Waals surface area contributed by atoms with Crippen LogP contribution in [0.3, 0.4) is 0 Å². The van der Waals surface area contributed by atoms with Crippen molar-refractivity contribution in [1.29, 1.82) is 0 Å². The van der Waals surface area contributed by atoms with Gasteiger partial charge in [0, 0.05) is 6.07 Å². The van der Waals surface area contributed by atoms with Crippen molar-refractivity contribution in [2.75, 3.05) is 6.61 Å². The van der Waals surface area contributed by atoms with Gasteiger partial charge in [-0.15, -0.1) is 0 Å². The van der Waals surface area contributed by atoms with Crippen molar-refractivity contribution >= 4 is 5.91 Å². The van der Waals surface area contributed by atoms with E-state index >= 15 is 0 Å². The average Bonchev–Trinajstić information content (AvgIpc) is 2.29. The predicted molar refractivity (Wildman–Crippen MR) is 58.2 cm³/mol. The summed E-state index contributed by atoms with van der Waals surface area (Å²) in [7, 11) is 0. The van der Waals surface area contributed by atoms with E-state index < -0.39 is 11.2 Å². The molecule has 0 spiro atoms. The minimum atomic E-state index is -0.660. The molecule has 0 aliphatic rings. The molecule has 5 heteroatoms. The smallest absolute Gasteiger partial charge is 0.335 e. The summed E-state index contributed by atoms with van der Waals surface area (Å²) in [4.78, 5) is 22.4. The third kappa shape index (κ3) is 2.93. The third-order valence-electron chi connectivity index (χ3n) is 2.51. The molecule has 0 saturated carbocycles. The Morgan fingerprint density at radius 1 is 1.56 bits per heavy atom. The molecule has 1 unspecified atom stereocenters. The highest BCUT2D eigenvalue weighted by Gasteiger charge is 2.23. The van der Waals surface area contributed by atoms with E-state index in [0.717, 1.165) is 6.26 Å². The van der Waals surface area contributed by atoms with Gasteiger partial charge in [0.15, 0.2) is 0 Å². The molecule has 0 saturated heterocycles. The van der Waals surface area contributed by atoms with Gasteiger partial charge in [-0.2, -0.15) is 0 Å². The number of carbonyl (C=O) groups excluding carboxylic acids is 1. The van der Waals surface area contributed by atoms with Crippen LogP contribution in [-0.4, -0.2) is 23.2 Å². The van der Waals surface area contributed by atoms with Crippen molar-refractivity contribution < 1.29 is 14.3 Å². The van der Waals surface area contributed by atoms with Crippen molar-refractivity contribution in [3.05, 3.63) is 34.4 Å². The Kier molecular flexibility index (Phi) is 3.84. The normalized spacial score (nSPS) is 14.2. The number of rotatable bonds is 4. The fourth-order valence-electron chi connectivity index (χ4n) is 1.07. The van der Waals surface area contributed by atoms with Crippen molar-refractivity contribution in [1.82, 2.24) is 5.32 Å². The second kappa shape index (κ2) is 4.94. The molecule has 0 radical (unpaired) electrons. The van der Waals surface area contributed by atoms with Gasteiger partial charge in [0.05, 0.1) is 17.7 Å². The second-order valence-electron chi connectivity index (χ2n) is 3.87. The van der Waals surface area contributed by atoms with Gasteiger partial charge in [0.2, 0.25) is 0 Å². The van der Waals surface area contributed by atoms with E-state index in [1.165, 1.54) is 12.1 Å². The molecule has 1 amide bonds. The van der Waals surface area contributed by atoms with Gasteiger partial charge in [0.25, 0.3) is 5.91 Å². The summed E-state index contributed by atoms with van der Waals surface area (Å²) >= 11 is 0. The number of carbonyl (C=O) groups is 1. The van der Waals surface area contributed by atoms with Gasteiger partial charge >= 0.3 is 5.63 Å². The van der Waals surface area contributed by atoms with E-state index in [1.54, 1.807) is 6.92 Å². The summed E-state index contributed by atoms with van der Waals surface area (Å²) in [6.07, 6.45) is 1.71. The molecule has 0 fully saturated rings. The Balaban J connectivity index is 2.80. The van der Waals surface area contributed by atoms with Gasteiger partial charge in [-0.25, -0.2) is 4.79 Å². The number of nitrogens with one attached hydrogen (secondary N) is 1. The number of hydrogen-bond donors (Lipinski definition) is 2. The highest BCUT2D eigenvalue weighted by atomic mass is 16.4. The lowest BCUT2D eigenvalue weighted by Crippen LogP contribution is -2.48. The predicted octanol–water partition coefficient (Wildman–Crippen LogP) is 0.531. The Morgan fingerprint density at radius 2 is 2.25 bits per heavy atom. The van der Waals surface area contributed by atoms with E-state index in [2.05, 4.69) is 9.73 Å². The number of amides is 1. The van der Waals surface area contributed by atoms with Crippen LogP contribution in [0.15, 0.2) is 27.6 Å².